The highest BCUT2D eigenvalue weighted by Crippen LogP contribution is 2.08. The quantitative estimate of drug-likeness (QED) is 0.140. The van der Waals surface area contributed by atoms with Crippen LogP contribution in [-0.4, -0.2) is 46.7 Å². The predicted molar refractivity (Wildman–Crippen MR) is 114 cm³/mol. The molecule has 0 rings (SSSR count). The first kappa shape index (κ1) is 26.6. The van der Waals surface area contributed by atoms with E-state index >= 15 is 0 Å². The van der Waals surface area contributed by atoms with Crippen LogP contribution in [0.5, 0.6) is 0 Å². The maximum atomic E-state index is 11.5. The minimum absolute atomic E-state index is 0.153. The molecule has 0 aromatic carbocycles. The summed E-state index contributed by atoms with van der Waals surface area (Å²) in [6.07, 6.45) is 21.5. The molecule has 0 saturated carbocycles. The van der Waals surface area contributed by atoms with E-state index in [2.05, 4.69) is 19.1 Å². The number of aliphatic hydroxyl groups is 3. The van der Waals surface area contributed by atoms with Gasteiger partial charge in [-0.1, -0.05) is 75.5 Å². The number of hydrogen-bond donors (Lipinski definition) is 3. The second-order valence-corrected chi connectivity index (χ2v) is 7.01. The third-order valence-corrected chi connectivity index (χ3v) is 4.33. The number of ether oxygens (including phenoxy) is 1. The summed E-state index contributed by atoms with van der Waals surface area (Å²) in [6.45, 7) is 1.45. The van der Waals surface area contributed by atoms with Gasteiger partial charge in [0, 0.05) is 6.42 Å². The van der Waals surface area contributed by atoms with Crippen LogP contribution in [0.3, 0.4) is 0 Å². The Labute approximate surface area is 170 Å². The molecule has 0 radical (unpaired) electrons. The van der Waals surface area contributed by atoms with Gasteiger partial charge in [0.1, 0.15) is 6.10 Å². The van der Waals surface area contributed by atoms with E-state index in [4.69, 9.17) is 14.9 Å². The topological polar surface area (TPSA) is 87.0 Å². The van der Waals surface area contributed by atoms with Crippen LogP contribution in [0.2, 0.25) is 0 Å². The minimum atomic E-state index is -0.859. The Hall–Kier alpha value is -1.43. The normalized spacial score (nSPS) is 13.3. The number of rotatable bonds is 18. The van der Waals surface area contributed by atoms with E-state index in [0.29, 0.717) is 12.8 Å². The van der Waals surface area contributed by atoms with E-state index in [9.17, 15) is 9.90 Å². The summed E-state index contributed by atoms with van der Waals surface area (Å²) >= 11 is 0. The Morgan fingerprint density at radius 3 is 2.36 bits per heavy atom. The van der Waals surface area contributed by atoms with Crippen molar-refractivity contribution in [3.63, 3.8) is 0 Å². The second kappa shape index (κ2) is 20.3. The number of aliphatic hydroxyl groups excluding tert-OH is 3. The highest BCUT2D eigenvalue weighted by Gasteiger charge is 2.12. The molecule has 0 bridgehead atoms. The first-order valence-corrected chi connectivity index (χ1v) is 10.7. The highest BCUT2D eigenvalue weighted by atomic mass is 16.6. The summed E-state index contributed by atoms with van der Waals surface area (Å²) in [6, 6.07) is 0. The van der Waals surface area contributed by atoms with Crippen molar-refractivity contribution in [3.05, 3.63) is 36.5 Å². The molecule has 1 atom stereocenters. The third-order valence-electron chi connectivity index (χ3n) is 4.33. The summed E-state index contributed by atoms with van der Waals surface area (Å²) in [5.41, 5.74) is 0. The predicted octanol–water partition coefficient (Wildman–Crippen LogP) is 4.22. The molecule has 5 heteroatoms. The molecular formula is C23H40O5. The number of unbranched alkanes of at least 4 members (excludes halogenated alkanes) is 6. The molecule has 0 aromatic rings. The second-order valence-electron chi connectivity index (χ2n) is 7.01. The van der Waals surface area contributed by atoms with Crippen molar-refractivity contribution < 1.29 is 24.9 Å². The van der Waals surface area contributed by atoms with E-state index in [1.54, 1.807) is 6.08 Å². The zero-order valence-corrected chi connectivity index (χ0v) is 17.5. The monoisotopic (exact) mass is 396 g/mol. The SMILES string of the molecule is CCCCCCCC/C=C/C/C=C/C=C/C(O)CCCC(=O)OC(CO)CO. The number of esters is 1. The molecule has 162 valence electrons. The van der Waals surface area contributed by atoms with Gasteiger partial charge in [-0.15, -0.1) is 0 Å². The molecule has 0 aromatic heterocycles. The lowest BCUT2D eigenvalue weighted by Crippen LogP contribution is -2.25. The Morgan fingerprint density at radius 1 is 0.929 bits per heavy atom. The fourth-order valence-electron chi connectivity index (χ4n) is 2.61. The largest absolute Gasteiger partial charge is 0.457 e. The molecule has 0 fully saturated rings. The lowest BCUT2D eigenvalue weighted by Gasteiger charge is -2.12. The van der Waals surface area contributed by atoms with E-state index in [1.807, 2.05) is 18.2 Å². The molecule has 0 saturated heterocycles. The van der Waals surface area contributed by atoms with Crippen LogP contribution in [0.1, 0.15) is 77.6 Å². The van der Waals surface area contributed by atoms with Crippen LogP contribution in [0.15, 0.2) is 36.5 Å². The molecule has 0 spiro atoms. The van der Waals surface area contributed by atoms with Gasteiger partial charge in [-0.25, -0.2) is 0 Å². The number of carbonyl (C=O) groups excluding carboxylic acids is 1. The maximum Gasteiger partial charge on any atom is 0.306 e. The van der Waals surface area contributed by atoms with Gasteiger partial charge in [0.15, 0.2) is 0 Å². The van der Waals surface area contributed by atoms with Crippen LogP contribution >= 0.6 is 0 Å². The van der Waals surface area contributed by atoms with Gasteiger partial charge in [0.25, 0.3) is 0 Å². The van der Waals surface area contributed by atoms with Gasteiger partial charge in [0.2, 0.25) is 0 Å². The first-order chi connectivity index (χ1) is 13.6. The third kappa shape index (κ3) is 18.0. The smallest absolute Gasteiger partial charge is 0.306 e. The molecule has 28 heavy (non-hydrogen) atoms. The zero-order valence-electron chi connectivity index (χ0n) is 17.5. The Balaban J connectivity index is 3.66. The molecular weight excluding hydrogens is 356 g/mol. The van der Waals surface area contributed by atoms with Crippen molar-refractivity contribution in [2.75, 3.05) is 13.2 Å². The molecule has 3 N–H and O–H groups in total. The minimum Gasteiger partial charge on any atom is -0.457 e. The summed E-state index contributed by atoms with van der Waals surface area (Å²) in [4.78, 5) is 11.5. The van der Waals surface area contributed by atoms with Crippen molar-refractivity contribution in [1.29, 1.82) is 0 Å². The number of carbonyl (C=O) groups is 1. The summed E-state index contributed by atoms with van der Waals surface area (Å²) in [7, 11) is 0. The van der Waals surface area contributed by atoms with Crippen molar-refractivity contribution in [2.45, 2.75) is 89.8 Å². The summed E-state index contributed by atoms with van der Waals surface area (Å²) in [5.74, 6) is -0.475. The van der Waals surface area contributed by atoms with Crippen molar-refractivity contribution in [2.24, 2.45) is 0 Å². The van der Waals surface area contributed by atoms with Crippen LogP contribution in [-0.2, 0) is 9.53 Å². The van der Waals surface area contributed by atoms with Crippen LogP contribution < -0.4 is 0 Å². The standard InChI is InChI=1S/C23H40O5/c1-2-3-4-5-6-7-8-9-10-11-12-13-14-16-21(26)17-15-18-23(27)28-22(19-24)20-25/h9-10,12-14,16,21-22,24-26H,2-8,11,15,17-20H2,1H3/b10-9+,13-12+,16-14+. The Bertz CT molecular complexity index is 438. The van der Waals surface area contributed by atoms with Crippen LogP contribution in [0.25, 0.3) is 0 Å². The summed E-state index contributed by atoms with van der Waals surface area (Å²) < 4.78 is 4.86. The average molecular weight is 397 g/mol. The van der Waals surface area contributed by atoms with Crippen molar-refractivity contribution >= 4 is 5.97 Å². The van der Waals surface area contributed by atoms with Gasteiger partial charge in [0.05, 0.1) is 19.3 Å². The van der Waals surface area contributed by atoms with E-state index < -0.39 is 31.4 Å². The Morgan fingerprint density at radius 2 is 1.64 bits per heavy atom. The fourth-order valence-corrected chi connectivity index (χ4v) is 2.61. The van der Waals surface area contributed by atoms with Crippen molar-refractivity contribution in [3.8, 4) is 0 Å². The first-order valence-electron chi connectivity index (χ1n) is 10.7. The molecule has 1 unspecified atom stereocenters. The lowest BCUT2D eigenvalue weighted by molar-refractivity contribution is -0.153. The zero-order chi connectivity index (χ0) is 20.9. The van der Waals surface area contributed by atoms with E-state index in [1.165, 1.54) is 38.5 Å². The average Bonchev–Trinajstić information content (AvgIpc) is 2.69. The summed E-state index contributed by atoms with van der Waals surface area (Å²) in [5, 5.41) is 27.5. The lowest BCUT2D eigenvalue weighted by atomic mass is 10.1. The van der Waals surface area contributed by atoms with Crippen LogP contribution in [0.4, 0.5) is 0 Å². The fraction of sp³-hybridized carbons (Fsp3) is 0.696. The molecule has 0 aliphatic heterocycles. The van der Waals surface area contributed by atoms with Gasteiger partial charge >= 0.3 is 5.97 Å². The highest BCUT2D eigenvalue weighted by molar-refractivity contribution is 5.69. The maximum absolute atomic E-state index is 11.5. The van der Waals surface area contributed by atoms with Crippen molar-refractivity contribution in [1.82, 2.24) is 0 Å². The van der Waals surface area contributed by atoms with Gasteiger partial charge < -0.3 is 20.1 Å². The molecule has 0 amide bonds. The van der Waals surface area contributed by atoms with Crippen LogP contribution in [0, 0.1) is 0 Å². The number of allylic oxidation sites excluding steroid dienone is 5. The van der Waals surface area contributed by atoms with Gasteiger partial charge in [-0.3, -0.25) is 4.79 Å². The van der Waals surface area contributed by atoms with E-state index in [0.717, 1.165) is 12.8 Å². The number of hydrogen-bond acceptors (Lipinski definition) is 5. The van der Waals surface area contributed by atoms with E-state index in [-0.39, 0.29) is 6.42 Å². The molecule has 5 nitrogen and oxygen atoms in total. The molecule has 0 aliphatic rings. The Kier molecular flexibility index (Phi) is 19.3. The van der Waals surface area contributed by atoms with Gasteiger partial charge in [-0.2, -0.15) is 0 Å². The van der Waals surface area contributed by atoms with Gasteiger partial charge in [-0.05, 0) is 32.1 Å². The molecule has 0 aliphatic carbocycles. The molecule has 0 heterocycles.